The highest BCUT2D eigenvalue weighted by molar-refractivity contribution is 6.31. The number of H-pyrrole nitrogens is 1. The predicted molar refractivity (Wildman–Crippen MR) is 99.8 cm³/mol. The van der Waals surface area contributed by atoms with E-state index in [2.05, 4.69) is 26.3 Å². The van der Waals surface area contributed by atoms with Gasteiger partial charge in [0.25, 0.3) is 0 Å². The van der Waals surface area contributed by atoms with E-state index in [0.717, 1.165) is 34.2 Å². The Morgan fingerprint density at radius 3 is 2.80 bits per heavy atom. The molecule has 4 rings (SSSR count). The van der Waals surface area contributed by atoms with Crippen LogP contribution < -0.4 is 5.32 Å². The van der Waals surface area contributed by atoms with Gasteiger partial charge in [-0.2, -0.15) is 5.26 Å². The molecule has 0 saturated carbocycles. The van der Waals surface area contributed by atoms with Crippen LogP contribution in [0.5, 0.6) is 0 Å². The van der Waals surface area contributed by atoms with E-state index in [1.54, 1.807) is 18.2 Å². The number of nitrogens with one attached hydrogen (secondary N) is 2. The van der Waals surface area contributed by atoms with E-state index in [-0.39, 0.29) is 0 Å². The smallest absolute Gasteiger partial charge is 0.127 e. The average Bonchev–Trinajstić information content (AvgIpc) is 3.04. The Bertz CT molecular complexity index is 1080. The summed E-state index contributed by atoms with van der Waals surface area (Å²) in [6, 6.07) is 17.3. The van der Waals surface area contributed by atoms with Crippen LogP contribution >= 0.6 is 11.6 Å². The van der Waals surface area contributed by atoms with Gasteiger partial charge in [-0.1, -0.05) is 23.7 Å². The molecule has 2 aromatic heterocycles. The molecule has 0 atom stereocenters. The average molecular weight is 348 g/mol. The first-order valence-corrected chi connectivity index (χ1v) is 8.28. The van der Waals surface area contributed by atoms with E-state index in [0.29, 0.717) is 22.9 Å². The minimum absolute atomic E-state index is 0.554. The van der Waals surface area contributed by atoms with Crippen molar-refractivity contribution in [3.63, 3.8) is 0 Å². The van der Waals surface area contributed by atoms with Gasteiger partial charge in [-0.05, 0) is 36.4 Å². The lowest BCUT2D eigenvalue weighted by Crippen LogP contribution is -2.07. The minimum atomic E-state index is 0.554. The zero-order valence-corrected chi connectivity index (χ0v) is 14.0. The topological polar surface area (TPSA) is 77.4 Å². The van der Waals surface area contributed by atoms with Gasteiger partial charge in [0, 0.05) is 23.4 Å². The summed E-state index contributed by atoms with van der Waals surface area (Å²) in [7, 11) is 0. The molecule has 2 aromatic carbocycles. The minimum Gasteiger partial charge on any atom is -0.370 e. The SMILES string of the molecule is N#Cc1cc(NCCc2nc3ccccc3[nH]2)nc2ccc(Cl)cc12. The Kier molecular flexibility index (Phi) is 3.96. The first kappa shape index (κ1) is 15.4. The molecule has 0 spiro atoms. The zero-order valence-electron chi connectivity index (χ0n) is 13.3. The molecule has 2 N–H and O–H groups in total. The van der Waals surface area contributed by atoms with Crippen molar-refractivity contribution in [2.75, 3.05) is 11.9 Å². The van der Waals surface area contributed by atoms with Gasteiger partial charge in [-0.15, -0.1) is 0 Å². The number of fused-ring (bicyclic) bond motifs is 2. The molecule has 5 nitrogen and oxygen atoms in total. The second kappa shape index (κ2) is 6.42. The summed E-state index contributed by atoms with van der Waals surface area (Å²) in [6.45, 7) is 0.663. The van der Waals surface area contributed by atoms with Crippen molar-refractivity contribution >= 4 is 39.4 Å². The summed E-state index contributed by atoms with van der Waals surface area (Å²) in [5.41, 5.74) is 3.29. The summed E-state index contributed by atoms with van der Waals surface area (Å²) in [5, 5.41) is 14.0. The van der Waals surface area contributed by atoms with Gasteiger partial charge >= 0.3 is 0 Å². The largest absolute Gasteiger partial charge is 0.370 e. The number of anilines is 1. The summed E-state index contributed by atoms with van der Waals surface area (Å²) >= 11 is 6.01. The number of para-hydroxylation sites is 2. The second-order valence-corrected chi connectivity index (χ2v) is 6.14. The first-order valence-electron chi connectivity index (χ1n) is 7.91. The molecular weight excluding hydrogens is 334 g/mol. The molecule has 122 valence electrons. The maximum Gasteiger partial charge on any atom is 0.127 e. The lowest BCUT2D eigenvalue weighted by Gasteiger charge is -2.07. The second-order valence-electron chi connectivity index (χ2n) is 5.71. The molecule has 0 unspecified atom stereocenters. The molecule has 0 aliphatic heterocycles. The molecule has 0 bridgehead atoms. The van der Waals surface area contributed by atoms with Crippen LogP contribution in [0.2, 0.25) is 5.02 Å². The lowest BCUT2D eigenvalue weighted by atomic mass is 10.1. The highest BCUT2D eigenvalue weighted by atomic mass is 35.5. The lowest BCUT2D eigenvalue weighted by molar-refractivity contribution is 0.930. The van der Waals surface area contributed by atoms with Gasteiger partial charge in [0.15, 0.2) is 0 Å². The fraction of sp³-hybridized carbons (Fsp3) is 0.105. The van der Waals surface area contributed by atoms with E-state index in [4.69, 9.17) is 11.6 Å². The third-order valence-electron chi connectivity index (χ3n) is 4.00. The molecule has 0 saturated heterocycles. The number of aromatic nitrogens is 3. The van der Waals surface area contributed by atoms with E-state index in [1.165, 1.54) is 0 Å². The number of benzene rings is 2. The highest BCUT2D eigenvalue weighted by Gasteiger charge is 2.07. The number of imidazole rings is 1. The maximum atomic E-state index is 9.37. The van der Waals surface area contributed by atoms with E-state index in [9.17, 15) is 5.26 Å². The molecule has 0 radical (unpaired) electrons. The fourth-order valence-corrected chi connectivity index (χ4v) is 2.99. The normalized spacial score (nSPS) is 10.9. The maximum absolute atomic E-state index is 9.37. The van der Waals surface area contributed by atoms with Crippen molar-refractivity contribution in [3.05, 3.63) is 64.9 Å². The van der Waals surface area contributed by atoms with Crippen LogP contribution in [0.25, 0.3) is 21.9 Å². The van der Waals surface area contributed by atoms with Gasteiger partial charge in [0.2, 0.25) is 0 Å². The first-order chi connectivity index (χ1) is 12.2. The molecule has 25 heavy (non-hydrogen) atoms. The van der Waals surface area contributed by atoms with Crippen molar-refractivity contribution in [1.29, 1.82) is 5.26 Å². The van der Waals surface area contributed by atoms with E-state index >= 15 is 0 Å². The zero-order chi connectivity index (χ0) is 17.2. The number of rotatable bonds is 4. The molecule has 0 aliphatic carbocycles. The number of pyridine rings is 1. The van der Waals surface area contributed by atoms with Crippen molar-refractivity contribution < 1.29 is 0 Å². The Labute approximate surface area is 149 Å². The summed E-state index contributed by atoms with van der Waals surface area (Å²) in [5.74, 6) is 1.59. The van der Waals surface area contributed by atoms with Crippen LogP contribution in [0.1, 0.15) is 11.4 Å². The summed E-state index contributed by atoms with van der Waals surface area (Å²) in [4.78, 5) is 12.4. The molecule has 0 aliphatic rings. The van der Waals surface area contributed by atoms with Crippen molar-refractivity contribution in [1.82, 2.24) is 15.0 Å². The molecule has 4 aromatic rings. The molecular formula is C19H14ClN5. The van der Waals surface area contributed by atoms with Crippen molar-refractivity contribution in [3.8, 4) is 6.07 Å². The Morgan fingerprint density at radius 1 is 1.08 bits per heavy atom. The van der Waals surface area contributed by atoms with Crippen molar-refractivity contribution in [2.24, 2.45) is 0 Å². The number of nitrogens with zero attached hydrogens (tertiary/aromatic N) is 3. The molecule has 2 heterocycles. The van der Waals surface area contributed by atoms with Crippen molar-refractivity contribution in [2.45, 2.75) is 6.42 Å². The van der Waals surface area contributed by atoms with E-state index < -0.39 is 0 Å². The quantitative estimate of drug-likeness (QED) is 0.577. The van der Waals surface area contributed by atoms with Crippen LogP contribution in [0.3, 0.4) is 0 Å². The standard InChI is InChI=1S/C19H14ClN5/c20-13-5-6-15-14(10-13)12(11-21)9-19(23-15)22-8-7-18-24-16-3-1-2-4-17(16)25-18/h1-6,9-10H,7-8H2,(H,22,23)(H,24,25). The van der Waals surface area contributed by atoms with Gasteiger partial charge in [0.05, 0.1) is 28.2 Å². The number of hydrogen-bond acceptors (Lipinski definition) is 4. The van der Waals surface area contributed by atoms with Gasteiger partial charge < -0.3 is 10.3 Å². The Balaban J connectivity index is 1.52. The Morgan fingerprint density at radius 2 is 1.96 bits per heavy atom. The van der Waals surface area contributed by atoms with Crippen LogP contribution in [0.15, 0.2) is 48.5 Å². The highest BCUT2D eigenvalue weighted by Crippen LogP contribution is 2.23. The Hall–Kier alpha value is -3.10. The molecule has 0 amide bonds. The monoisotopic (exact) mass is 347 g/mol. The molecule has 0 fully saturated rings. The predicted octanol–water partition coefficient (Wildman–Crippen LogP) is 4.29. The molecule has 6 heteroatoms. The number of nitriles is 1. The van der Waals surface area contributed by atoms with Crippen LogP contribution in [-0.4, -0.2) is 21.5 Å². The van der Waals surface area contributed by atoms with Crippen LogP contribution in [0, 0.1) is 11.3 Å². The van der Waals surface area contributed by atoms with Gasteiger partial charge in [-0.25, -0.2) is 9.97 Å². The van der Waals surface area contributed by atoms with E-state index in [1.807, 2.05) is 30.3 Å². The third-order valence-corrected chi connectivity index (χ3v) is 4.23. The van der Waals surface area contributed by atoms with Gasteiger partial charge in [0.1, 0.15) is 11.6 Å². The summed E-state index contributed by atoms with van der Waals surface area (Å²) < 4.78 is 0. The van der Waals surface area contributed by atoms with Gasteiger partial charge in [-0.3, -0.25) is 0 Å². The van der Waals surface area contributed by atoms with Crippen LogP contribution in [0.4, 0.5) is 5.82 Å². The fourth-order valence-electron chi connectivity index (χ4n) is 2.81. The number of halogens is 1. The number of aromatic amines is 1. The third kappa shape index (κ3) is 3.12. The number of hydrogen-bond donors (Lipinski definition) is 2. The van der Waals surface area contributed by atoms with Crippen LogP contribution in [-0.2, 0) is 6.42 Å². The summed E-state index contributed by atoms with van der Waals surface area (Å²) in [6.07, 6.45) is 0.733.